The van der Waals surface area contributed by atoms with E-state index >= 15 is 0 Å². The molecule has 0 aliphatic carbocycles. The summed E-state index contributed by atoms with van der Waals surface area (Å²) in [5.74, 6) is 0. The van der Waals surface area contributed by atoms with Crippen molar-refractivity contribution in [3.05, 3.63) is 157 Å². The minimum Gasteiger partial charge on any atom is -0.192 e. The van der Waals surface area contributed by atoms with E-state index in [0.29, 0.717) is 5.56 Å². The third kappa shape index (κ3) is 4.19. The Morgan fingerprint density at radius 1 is 0.370 bits per heavy atom. The zero-order valence-electron chi connectivity index (χ0n) is 24.7. The van der Waals surface area contributed by atoms with Crippen LogP contribution in [0.5, 0.6) is 0 Å². The zero-order valence-corrected chi connectivity index (χ0v) is 26.3. The number of hydrogen-bond acceptors (Lipinski definition) is 3. The second kappa shape index (κ2) is 10.8. The van der Waals surface area contributed by atoms with Gasteiger partial charge in [0.15, 0.2) is 0 Å². The summed E-state index contributed by atoms with van der Waals surface area (Å²) in [7, 11) is 0. The van der Waals surface area contributed by atoms with E-state index in [2.05, 4.69) is 140 Å². The van der Waals surface area contributed by atoms with Crippen LogP contribution in [0.25, 0.3) is 84.9 Å². The van der Waals surface area contributed by atoms with Gasteiger partial charge in [0.25, 0.3) is 0 Å². The molecule has 0 spiro atoms. The lowest BCUT2D eigenvalue weighted by Gasteiger charge is -2.19. The third-order valence-electron chi connectivity index (χ3n) is 8.97. The number of nitrogens with zero attached hydrogens (tertiary/aromatic N) is 1. The van der Waals surface area contributed by atoms with Gasteiger partial charge in [-0.2, -0.15) is 5.26 Å². The number of thiophene rings is 2. The first kappa shape index (κ1) is 26.8. The molecule has 9 aromatic rings. The predicted molar refractivity (Wildman–Crippen MR) is 199 cm³/mol. The van der Waals surface area contributed by atoms with Gasteiger partial charge >= 0.3 is 0 Å². The molecule has 214 valence electrons. The van der Waals surface area contributed by atoms with Crippen molar-refractivity contribution in [1.82, 2.24) is 0 Å². The van der Waals surface area contributed by atoms with Crippen molar-refractivity contribution >= 4 is 63.0 Å². The number of rotatable bonds is 4. The summed E-state index contributed by atoms with van der Waals surface area (Å²) >= 11 is 3.69. The highest BCUT2D eigenvalue weighted by atomic mass is 32.1. The summed E-state index contributed by atoms with van der Waals surface area (Å²) in [6.45, 7) is 0. The summed E-state index contributed by atoms with van der Waals surface area (Å²) in [4.78, 5) is 0. The highest BCUT2D eigenvalue weighted by Gasteiger charge is 2.21. The molecule has 0 amide bonds. The van der Waals surface area contributed by atoms with Gasteiger partial charge < -0.3 is 0 Å². The topological polar surface area (TPSA) is 23.8 Å². The Hall–Kier alpha value is -5.53. The molecule has 7 aromatic carbocycles. The lowest BCUT2D eigenvalue weighted by atomic mass is 9.84. The Bertz CT molecular complexity index is 2650. The summed E-state index contributed by atoms with van der Waals surface area (Å²) in [6, 6.07) is 56.6. The van der Waals surface area contributed by atoms with E-state index in [1.165, 1.54) is 68.2 Å². The molecule has 1 nitrogen and oxygen atoms in total. The standard InChI is InChI=1S/C43H25NS2/c44-26-28-14-4-5-15-29(28)37-25-38(34-20-10-18-32-30-16-6-8-22-40(30)45-42(32)34)36(27-12-2-1-3-13-27)24-39(37)35-21-11-19-33-31-17-7-9-23-41(31)46-43(33)35/h1-25H. The van der Waals surface area contributed by atoms with E-state index in [9.17, 15) is 5.26 Å². The second-order valence-electron chi connectivity index (χ2n) is 11.5. The van der Waals surface area contributed by atoms with Crippen LogP contribution < -0.4 is 0 Å². The van der Waals surface area contributed by atoms with Gasteiger partial charge in [-0.3, -0.25) is 0 Å². The molecule has 0 saturated heterocycles. The Balaban J connectivity index is 1.43. The zero-order chi connectivity index (χ0) is 30.6. The fourth-order valence-corrected chi connectivity index (χ4v) is 9.32. The molecule has 2 aromatic heterocycles. The van der Waals surface area contributed by atoms with Crippen LogP contribution in [0.4, 0.5) is 0 Å². The SMILES string of the molecule is N#Cc1ccccc1-c1cc(-c2cccc3c2sc2ccccc23)c(-c2ccccc2)cc1-c1cccc2c1sc1ccccc12. The highest BCUT2D eigenvalue weighted by Crippen LogP contribution is 2.49. The fraction of sp³-hybridized carbons (Fsp3) is 0. The lowest BCUT2D eigenvalue weighted by Crippen LogP contribution is -1.94. The van der Waals surface area contributed by atoms with Gasteiger partial charge in [0, 0.05) is 57.0 Å². The van der Waals surface area contributed by atoms with E-state index < -0.39 is 0 Å². The molecule has 46 heavy (non-hydrogen) atoms. The van der Waals surface area contributed by atoms with Crippen LogP contribution in [-0.4, -0.2) is 0 Å². The molecule has 0 atom stereocenters. The van der Waals surface area contributed by atoms with Crippen LogP contribution in [0.2, 0.25) is 0 Å². The summed E-state index contributed by atoms with van der Waals surface area (Å²) < 4.78 is 5.10. The van der Waals surface area contributed by atoms with Gasteiger partial charge in [-0.05, 0) is 58.1 Å². The van der Waals surface area contributed by atoms with Crippen molar-refractivity contribution in [3.63, 3.8) is 0 Å². The average Bonchev–Trinajstić information content (AvgIpc) is 3.70. The smallest absolute Gasteiger partial charge is 0.0998 e. The first-order valence-corrected chi connectivity index (χ1v) is 17.0. The van der Waals surface area contributed by atoms with Crippen LogP contribution in [0.1, 0.15) is 5.56 Å². The van der Waals surface area contributed by atoms with E-state index in [-0.39, 0.29) is 0 Å². The Labute approximate surface area is 274 Å². The number of hydrogen-bond donors (Lipinski definition) is 0. The molecule has 9 rings (SSSR count). The maximum Gasteiger partial charge on any atom is 0.0998 e. The first-order valence-electron chi connectivity index (χ1n) is 15.3. The first-order chi connectivity index (χ1) is 22.8. The minimum atomic E-state index is 0.672. The van der Waals surface area contributed by atoms with Crippen LogP contribution >= 0.6 is 22.7 Å². The Morgan fingerprint density at radius 3 is 1.46 bits per heavy atom. The van der Waals surface area contributed by atoms with Crippen LogP contribution in [0.3, 0.4) is 0 Å². The predicted octanol–water partition coefficient (Wildman–Crippen LogP) is 13.0. The third-order valence-corrected chi connectivity index (χ3v) is 11.4. The van der Waals surface area contributed by atoms with Gasteiger partial charge in [-0.1, -0.05) is 121 Å². The molecule has 0 aliphatic heterocycles. The monoisotopic (exact) mass is 619 g/mol. The molecule has 3 heteroatoms. The number of fused-ring (bicyclic) bond motifs is 6. The van der Waals surface area contributed by atoms with Crippen molar-refractivity contribution < 1.29 is 0 Å². The van der Waals surface area contributed by atoms with Gasteiger partial charge in [0.2, 0.25) is 0 Å². The number of nitriles is 1. The van der Waals surface area contributed by atoms with E-state index in [1.54, 1.807) is 0 Å². The fourth-order valence-electron chi connectivity index (χ4n) is 6.86. The van der Waals surface area contributed by atoms with Gasteiger partial charge in [0.1, 0.15) is 0 Å². The van der Waals surface area contributed by atoms with E-state index in [0.717, 1.165) is 16.7 Å². The number of benzene rings is 7. The van der Waals surface area contributed by atoms with Crippen LogP contribution in [0.15, 0.2) is 152 Å². The molecular formula is C43H25NS2. The molecule has 0 radical (unpaired) electrons. The second-order valence-corrected chi connectivity index (χ2v) is 13.6. The Kier molecular flexibility index (Phi) is 6.31. The summed E-state index contributed by atoms with van der Waals surface area (Å²) in [6.07, 6.45) is 0. The average molecular weight is 620 g/mol. The van der Waals surface area contributed by atoms with Gasteiger partial charge in [-0.25, -0.2) is 0 Å². The molecule has 0 N–H and O–H groups in total. The Morgan fingerprint density at radius 2 is 0.826 bits per heavy atom. The molecule has 2 heterocycles. The molecule has 0 bridgehead atoms. The van der Waals surface area contributed by atoms with Crippen molar-refractivity contribution in [2.24, 2.45) is 0 Å². The van der Waals surface area contributed by atoms with Crippen molar-refractivity contribution in [1.29, 1.82) is 5.26 Å². The largest absolute Gasteiger partial charge is 0.192 e. The maximum absolute atomic E-state index is 10.3. The minimum absolute atomic E-state index is 0.672. The van der Waals surface area contributed by atoms with Gasteiger partial charge in [0.05, 0.1) is 11.6 Å². The molecule has 0 aliphatic rings. The lowest BCUT2D eigenvalue weighted by molar-refractivity contribution is 1.48. The molecule has 0 unspecified atom stereocenters. The summed E-state index contributed by atoms with van der Waals surface area (Å²) in [5.41, 5.74) is 9.72. The van der Waals surface area contributed by atoms with Crippen LogP contribution in [0, 0.1) is 11.3 Å². The normalized spacial score (nSPS) is 11.5. The van der Waals surface area contributed by atoms with Crippen molar-refractivity contribution in [2.75, 3.05) is 0 Å². The van der Waals surface area contributed by atoms with E-state index in [1.807, 2.05) is 40.9 Å². The molecule has 0 fully saturated rings. The molecule has 0 saturated carbocycles. The quantitative estimate of drug-likeness (QED) is 0.192. The van der Waals surface area contributed by atoms with Crippen molar-refractivity contribution in [3.8, 4) is 50.6 Å². The van der Waals surface area contributed by atoms with Gasteiger partial charge in [-0.15, -0.1) is 22.7 Å². The van der Waals surface area contributed by atoms with Crippen molar-refractivity contribution in [2.45, 2.75) is 0 Å². The summed E-state index contributed by atoms with van der Waals surface area (Å²) in [5, 5.41) is 15.4. The highest BCUT2D eigenvalue weighted by molar-refractivity contribution is 7.26. The molecular weight excluding hydrogens is 595 g/mol. The van der Waals surface area contributed by atoms with Crippen LogP contribution in [-0.2, 0) is 0 Å². The van der Waals surface area contributed by atoms with E-state index in [4.69, 9.17) is 0 Å². The maximum atomic E-state index is 10.3.